The number of aromatic nitrogens is 5. The van der Waals surface area contributed by atoms with Crippen LogP contribution in [0.15, 0.2) is 40.9 Å². The number of likely N-dealkylation sites (tertiary alicyclic amines) is 1. The van der Waals surface area contributed by atoms with Crippen LogP contribution in [0.3, 0.4) is 0 Å². The van der Waals surface area contributed by atoms with E-state index in [4.69, 9.17) is 29.2 Å². The first kappa shape index (κ1) is 24.0. The summed E-state index contributed by atoms with van der Waals surface area (Å²) in [6.45, 7) is 7.63. The van der Waals surface area contributed by atoms with Gasteiger partial charge in [-0.25, -0.2) is 9.67 Å². The molecule has 3 aromatic heterocycles. The Balaban J connectivity index is 1.32. The Labute approximate surface area is 216 Å². The number of morpholine rings is 1. The lowest BCUT2D eigenvalue weighted by molar-refractivity contribution is 0.122. The molecule has 1 aromatic carbocycles. The average molecular weight is 503 g/mol. The molecule has 0 N–H and O–H groups in total. The maximum atomic E-state index is 6.23. The summed E-state index contributed by atoms with van der Waals surface area (Å²) in [7, 11) is 4.32. The number of nitrogens with zero attached hydrogens (tertiary/aromatic N) is 8. The van der Waals surface area contributed by atoms with E-state index in [0.717, 1.165) is 56.1 Å². The standard InChI is InChI=1S/C27H34N8O2/c1-19-5-4-6-20(17-19)22-9-12-35(31-22)27-29-25(34-13-15-36-16-14-34)24-26(30-27)37-23(28-24)18-33-10-7-21(8-11-33)32(2)3/h4-6,9,12,17,21H,7-8,10-11,13-16,18H2,1-3H3. The first-order chi connectivity index (χ1) is 18.0. The van der Waals surface area contributed by atoms with Gasteiger partial charge in [-0.1, -0.05) is 23.8 Å². The largest absolute Gasteiger partial charge is 0.421 e. The van der Waals surface area contributed by atoms with Crippen LogP contribution >= 0.6 is 0 Å². The van der Waals surface area contributed by atoms with Gasteiger partial charge in [-0.05, 0) is 46.0 Å². The minimum Gasteiger partial charge on any atom is -0.421 e. The van der Waals surface area contributed by atoms with E-state index in [0.29, 0.717) is 48.9 Å². The van der Waals surface area contributed by atoms with E-state index in [9.17, 15) is 0 Å². The van der Waals surface area contributed by atoms with Gasteiger partial charge in [0, 0.05) is 44.0 Å². The van der Waals surface area contributed by atoms with Crippen molar-refractivity contribution in [2.24, 2.45) is 0 Å². The molecule has 5 heterocycles. The first-order valence-electron chi connectivity index (χ1n) is 13.1. The van der Waals surface area contributed by atoms with Crippen LogP contribution in [0.25, 0.3) is 28.4 Å². The van der Waals surface area contributed by atoms with Crippen LogP contribution in [0.4, 0.5) is 5.82 Å². The minimum absolute atomic E-state index is 0.474. The molecule has 2 saturated heterocycles. The highest BCUT2D eigenvalue weighted by molar-refractivity contribution is 5.82. The van der Waals surface area contributed by atoms with Crippen molar-refractivity contribution < 1.29 is 9.15 Å². The highest BCUT2D eigenvalue weighted by atomic mass is 16.5. The molecule has 194 valence electrons. The van der Waals surface area contributed by atoms with Gasteiger partial charge in [-0.15, -0.1) is 0 Å². The SMILES string of the molecule is Cc1cccc(-c2ccn(-c3nc(N4CCOCC4)c4nc(CN5CCC(N(C)C)CC5)oc4n3)n2)c1. The molecule has 0 amide bonds. The Bertz CT molecular complexity index is 1370. The van der Waals surface area contributed by atoms with Crippen molar-refractivity contribution in [2.45, 2.75) is 32.4 Å². The lowest BCUT2D eigenvalue weighted by atomic mass is 10.0. The van der Waals surface area contributed by atoms with Crippen LogP contribution in [0.1, 0.15) is 24.3 Å². The van der Waals surface area contributed by atoms with Crippen LogP contribution in [0, 0.1) is 6.92 Å². The van der Waals surface area contributed by atoms with Crippen molar-refractivity contribution in [3.05, 3.63) is 48.0 Å². The first-order valence-corrected chi connectivity index (χ1v) is 13.1. The minimum atomic E-state index is 0.474. The fourth-order valence-electron chi connectivity index (χ4n) is 5.18. The number of rotatable bonds is 6. The maximum Gasteiger partial charge on any atom is 0.255 e. The normalized spacial score (nSPS) is 17.8. The van der Waals surface area contributed by atoms with E-state index in [2.05, 4.69) is 53.9 Å². The number of hydrogen-bond acceptors (Lipinski definition) is 9. The molecule has 0 aliphatic carbocycles. The number of piperidine rings is 1. The van der Waals surface area contributed by atoms with E-state index in [1.807, 2.05) is 18.3 Å². The van der Waals surface area contributed by atoms with E-state index >= 15 is 0 Å². The van der Waals surface area contributed by atoms with Crippen LogP contribution in [-0.4, -0.2) is 94.1 Å². The molecular formula is C27H34N8O2. The van der Waals surface area contributed by atoms with Crippen molar-refractivity contribution in [3.63, 3.8) is 0 Å². The van der Waals surface area contributed by atoms with Crippen LogP contribution in [0.5, 0.6) is 0 Å². The maximum absolute atomic E-state index is 6.23. The highest BCUT2D eigenvalue weighted by Gasteiger charge is 2.25. The second-order valence-corrected chi connectivity index (χ2v) is 10.2. The molecule has 37 heavy (non-hydrogen) atoms. The van der Waals surface area contributed by atoms with Gasteiger partial charge in [0.25, 0.3) is 11.7 Å². The van der Waals surface area contributed by atoms with Crippen molar-refractivity contribution in [1.82, 2.24) is 34.5 Å². The molecule has 0 unspecified atom stereocenters. The fraction of sp³-hybridized carbons (Fsp3) is 0.481. The van der Waals surface area contributed by atoms with E-state index in [-0.39, 0.29) is 0 Å². The Hall–Kier alpha value is -3.34. The molecule has 6 rings (SSSR count). The molecule has 0 saturated carbocycles. The summed E-state index contributed by atoms with van der Waals surface area (Å²) in [6, 6.07) is 10.9. The van der Waals surface area contributed by atoms with Gasteiger partial charge in [-0.3, -0.25) is 4.90 Å². The molecule has 4 aromatic rings. The highest BCUT2D eigenvalue weighted by Crippen LogP contribution is 2.28. The molecule has 10 heteroatoms. The third kappa shape index (κ3) is 5.09. The van der Waals surface area contributed by atoms with Crippen LogP contribution in [-0.2, 0) is 11.3 Å². The number of benzene rings is 1. The second-order valence-electron chi connectivity index (χ2n) is 10.2. The smallest absolute Gasteiger partial charge is 0.255 e. The summed E-state index contributed by atoms with van der Waals surface area (Å²) in [5, 5.41) is 4.78. The van der Waals surface area contributed by atoms with E-state index in [1.165, 1.54) is 5.56 Å². The van der Waals surface area contributed by atoms with Gasteiger partial charge in [0.05, 0.1) is 25.5 Å². The number of ether oxygens (including phenoxy) is 1. The van der Waals surface area contributed by atoms with Gasteiger partial charge >= 0.3 is 0 Å². The van der Waals surface area contributed by atoms with Crippen LogP contribution < -0.4 is 4.90 Å². The van der Waals surface area contributed by atoms with Crippen LogP contribution in [0.2, 0.25) is 0 Å². The number of hydrogen-bond donors (Lipinski definition) is 0. The summed E-state index contributed by atoms with van der Waals surface area (Å²) >= 11 is 0. The molecule has 2 fully saturated rings. The molecule has 0 spiro atoms. The fourth-order valence-corrected chi connectivity index (χ4v) is 5.18. The van der Waals surface area contributed by atoms with Gasteiger partial charge < -0.3 is 19.0 Å². The Morgan fingerprint density at radius 1 is 1.00 bits per heavy atom. The summed E-state index contributed by atoms with van der Waals surface area (Å²) in [6.07, 6.45) is 4.20. The van der Waals surface area contributed by atoms with Gasteiger partial charge in [0.1, 0.15) is 0 Å². The van der Waals surface area contributed by atoms with Gasteiger partial charge in [-0.2, -0.15) is 15.1 Å². The molecule has 0 radical (unpaired) electrons. The average Bonchev–Trinajstić information content (AvgIpc) is 3.56. The summed E-state index contributed by atoms with van der Waals surface area (Å²) in [5.74, 6) is 1.93. The zero-order valence-corrected chi connectivity index (χ0v) is 21.8. The second kappa shape index (κ2) is 10.2. The molecular weight excluding hydrogens is 468 g/mol. The lowest BCUT2D eigenvalue weighted by Gasteiger charge is -2.34. The molecule has 10 nitrogen and oxygen atoms in total. The molecule has 0 bridgehead atoms. The van der Waals surface area contributed by atoms with Crippen molar-refractivity contribution in [2.75, 3.05) is 58.4 Å². The Morgan fingerprint density at radius 2 is 1.81 bits per heavy atom. The molecule has 0 atom stereocenters. The zero-order valence-electron chi connectivity index (χ0n) is 21.8. The predicted molar refractivity (Wildman–Crippen MR) is 142 cm³/mol. The summed E-state index contributed by atoms with van der Waals surface area (Å²) < 4.78 is 13.5. The number of oxazole rings is 1. The number of anilines is 1. The quantitative estimate of drug-likeness (QED) is 0.394. The number of fused-ring (bicyclic) bond motifs is 1. The predicted octanol–water partition coefficient (Wildman–Crippen LogP) is 3.14. The van der Waals surface area contributed by atoms with Gasteiger partial charge in [0.2, 0.25) is 5.89 Å². The monoisotopic (exact) mass is 502 g/mol. The summed E-state index contributed by atoms with van der Waals surface area (Å²) in [4.78, 5) is 21.5. The molecule has 2 aliphatic heterocycles. The topological polar surface area (TPSA) is 88.6 Å². The van der Waals surface area contributed by atoms with E-state index in [1.54, 1.807) is 4.68 Å². The Morgan fingerprint density at radius 3 is 2.57 bits per heavy atom. The van der Waals surface area contributed by atoms with Crippen molar-refractivity contribution in [3.8, 4) is 17.2 Å². The lowest BCUT2D eigenvalue weighted by Crippen LogP contribution is -2.41. The third-order valence-electron chi connectivity index (χ3n) is 7.34. The van der Waals surface area contributed by atoms with E-state index < -0.39 is 0 Å². The Kier molecular flexibility index (Phi) is 6.62. The van der Waals surface area contributed by atoms with Gasteiger partial charge in [0.15, 0.2) is 11.3 Å². The third-order valence-corrected chi connectivity index (χ3v) is 7.34. The zero-order chi connectivity index (χ0) is 25.4. The van der Waals surface area contributed by atoms with Crippen molar-refractivity contribution >= 4 is 17.0 Å². The van der Waals surface area contributed by atoms with Crippen molar-refractivity contribution in [1.29, 1.82) is 0 Å². The number of aryl methyl sites for hydroxylation is 1. The summed E-state index contributed by atoms with van der Waals surface area (Å²) in [5.41, 5.74) is 4.33. The molecule has 2 aliphatic rings.